The van der Waals surface area contributed by atoms with Crippen molar-refractivity contribution in [3.05, 3.63) is 0 Å². The predicted octanol–water partition coefficient (Wildman–Crippen LogP) is 2.70. The third-order valence-corrected chi connectivity index (χ3v) is 7.91. The summed E-state index contributed by atoms with van der Waals surface area (Å²) in [6.45, 7) is 1.96. The molecule has 0 N–H and O–H groups in total. The molecule has 0 spiro atoms. The van der Waals surface area contributed by atoms with Crippen LogP contribution in [0, 0.1) is 0 Å². The van der Waals surface area contributed by atoms with Crippen LogP contribution < -0.4 is 0 Å². The maximum atomic E-state index is 5.69. The van der Waals surface area contributed by atoms with Gasteiger partial charge in [0, 0.05) is 45.0 Å². The molecule has 2 heterocycles. The lowest BCUT2D eigenvalue weighted by atomic mass is 10.4. The zero-order valence-electron chi connectivity index (χ0n) is 8.85. The summed E-state index contributed by atoms with van der Waals surface area (Å²) >= 11 is 8.50. The molecule has 5 heteroatoms. The Hall–Kier alpha value is 1.36. The van der Waals surface area contributed by atoms with Gasteiger partial charge in [0.15, 0.2) is 0 Å². The van der Waals surface area contributed by atoms with Crippen molar-refractivity contribution in [3.63, 3.8) is 0 Å². The van der Waals surface area contributed by atoms with Crippen molar-refractivity contribution < 1.29 is 4.74 Å². The van der Waals surface area contributed by atoms with Crippen LogP contribution in [0.3, 0.4) is 0 Å². The van der Waals surface area contributed by atoms with Crippen LogP contribution in [0.25, 0.3) is 0 Å². The molecule has 2 bridgehead atoms. The van der Waals surface area contributed by atoms with E-state index in [2.05, 4.69) is 47.0 Å². The highest BCUT2D eigenvalue weighted by Crippen LogP contribution is 2.29. The minimum absolute atomic E-state index is 0.749. The summed E-state index contributed by atoms with van der Waals surface area (Å²) in [6, 6.07) is 0. The summed E-state index contributed by atoms with van der Waals surface area (Å²) < 4.78 is 5.69. The summed E-state index contributed by atoms with van der Waals surface area (Å²) in [6.07, 6.45) is 0. The quantitative estimate of drug-likeness (QED) is 0.673. The van der Waals surface area contributed by atoms with Gasteiger partial charge in [-0.2, -0.15) is 35.3 Å². The van der Waals surface area contributed by atoms with Crippen LogP contribution in [0.5, 0.6) is 0 Å². The summed E-state index contributed by atoms with van der Waals surface area (Å²) in [5, 5.41) is 1.50. The van der Waals surface area contributed by atoms with E-state index in [1.807, 2.05) is 0 Å². The van der Waals surface area contributed by atoms with Crippen LogP contribution in [0.1, 0.15) is 0 Å². The highest BCUT2D eigenvalue weighted by molar-refractivity contribution is 8.07. The molecule has 2 aliphatic rings. The Morgan fingerprint density at radius 2 is 1.27 bits per heavy atom. The molecule has 15 heavy (non-hydrogen) atoms. The van der Waals surface area contributed by atoms with Gasteiger partial charge in [0.25, 0.3) is 0 Å². The van der Waals surface area contributed by atoms with Crippen LogP contribution in [-0.4, -0.2) is 58.2 Å². The Morgan fingerprint density at radius 1 is 0.733 bits per heavy atom. The van der Waals surface area contributed by atoms with Crippen LogP contribution >= 0.6 is 47.0 Å². The lowest BCUT2D eigenvalue weighted by molar-refractivity contribution is 0.134. The van der Waals surface area contributed by atoms with Crippen LogP contribution in [0.4, 0.5) is 0 Å². The Morgan fingerprint density at radius 3 is 1.87 bits per heavy atom. The van der Waals surface area contributed by atoms with E-state index in [0.29, 0.717) is 0 Å². The molecule has 0 aromatic rings. The number of ether oxygens (including phenoxy) is 1. The highest BCUT2D eigenvalue weighted by Gasteiger charge is 2.23. The fourth-order valence-corrected chi connectivity index (χ4v) is 6.86. The maximum absolute atomic E-state index is 5.69. The third-order valence-electron chi connectivity index (χ3n) is 2.34. The van der Waals surface area contributed by atoms with Gasteiger partial charge in [0.1, 0.15) is 0 Å². The molecule has 2 rings (SSSR count). The molecule has 1 nitrogen and oxygen atoms in total. The van der Waals surface area contributed by atoms with Gasteiger partial charge in [-0.05, 0) is 0 Å². The van der Waals surface area contributed by atoms with Gasteiger partial charge in [0.2, 0.25) is 0 Å². The van der Waals surface area contributed by atoms with E-state index in [-0.39, 0.29) is 0 Å². The van der Waals surface area contributed by atoms with Gasteiger partial charge in [-0.1, -0.05) is 0 Å². The zero-order chi connectivity index (χ0) is 10.3. The number of rotatable bonds is 0. The SMILES string of the molecule is C1CSCC2COCC(CSCCS1)S2. The molecule has 2 fully saturated rings. The van der Waals surface area contributed by atoms with E-state index < -0.39 is 0 Å². The summed E-state index contributed by atoms with van der Waals surface area (Å²) in [5.74, 6) is 7.85. The van der Waals surface area contributed by atoms with Crippen LogP contribution in [0.2, 0.25) is 0 Å². The Labute approximate surface area is 110 Å². The number of fused-ring (bicyclic) bond motifs is 2. The Kier molecular flexibility index (Phi) is 6.52. The van der Waals surface area contributed by atoms with Crippen molar-refractivity contribution >= 4 is 47.0 Å². The Balaban J connectivity index is 1.78. The standard InChI is InChI=1S/C10H18OS4/c1-3-13-7-9-5-11-6-10(15-9)8-14-4-2-12-1/h9-10H,1-8H2. The zero-order valence-corrected chi connectivity index (χ0v) is 12.1. The van der Waals surface area contributed by atoms with E-state index in [4.69, 9.17) is 4.74 Å². The van der Waals surface area contributed by atoms with Crippen LogP contribution in [-0.2, 0) is 4.74 Å². The summed E-state index contributed by atoms with van der Waals surface area (Å²) in [4.78, 5) is 0. The second kappa shape index (κ2) is 7.64. The highest BCUT2D eigenvalue weighted by atomic mass is 32.2. The first-order valence-electron chi connectivity index (χ1n) is 5.41. The van der Waals surface area contributed by atoms with Gasteiger partial charge in [-0.15, -0.1) is 11.8 Å². The number of hydrogen-bond acceptors (Lipinski definition) is 5. The van der Waals surface area contributed by atoms with Crippen LogP contribution in [0.15, 0.2) is 0 Å². The second-order valence-electron chi connectivity index (χ2n) is 3.68. The summed E-state index contributed by atoms with van der Waals surface area (Å²) in [5.41, 5.74) is 0. The minimum atomic E-state index is 0.749. The molecule has 0 aromatic carbocycles. The molecule has 0 radical (unpaired) electrons. The molecule has 2 atom stereocenters. The molecule has 2 aliphatic heterocycles. The van der Waals surface area contributed by atoms with Crippen molar-refractivity contribution in [2.45, 2.75) is 10.5 Å². The molecule has 0 amide bonds. The Bertz CT molecular complexity index is 163. The lowest BCUT2D eigenvalue weighted by Gasteiger charge is -2.29. The fourth-order valence-electron chi connectivity index (χ4n) is 1.62. The van der Waals surface area contributed by atoms with Crippen molar-refractivity contribution in [1.29, 1.82) is 0 Å². The monoisotopic (exact) mass is 282 g/mol. The molecule has 2 saturated heterocycles. The first kappa shape index (κ1) is 12.8. The van der Waals surface area contributed by atoms with Crippen molar-refractivity contribution in [2.24, 2.45) is 0 Å². The fraction of sp³-hybridized carbons (Fsp3) is 1.00. The van der Waals surface area contributed by atoms with E-state index in [1.54, 1.807) is 0 Å². The normalized spacial score (nSPS) is 35.2. The van der Waals surface area contributed by atoms with Gasteiger partial charge >= 0.3 is 0 Å². The van der Waals surface area contributed by atoms with E-state index >= 15 is 0 Å². The topological polar surface area (TPSA) is 9.23 Å². The average molecular weight is 283 g/mol. The first-order valence-corrected chi connectivity index (χ1v) is 9.82. The smallest absolute Gasteiger partial charge is 0.0593 e. The van der Waals surface area contributed by atoms with E-state index in [1.165, 1.54) is 34.5 Å². The average Bonchev–Trinajstić information content (AvgIpc) is 2.26. The van der Waals surface area contributed by atoms with Gasteiger partial charge in [-0.25, -0.2) is 0 Å². The molecule has 0 saturated carbocycles. The first-order chi connectivity index (χ1) is 7.45. The minimum Gasteiger partial charge on any atom is -0.379 e. The maximum Gasteiger partial charge on any atom is 0.0593 e. The molecular weight excluding hydrogens is 264 g/mol. The third kappa shape index (κ3) is 5.02. The predicted molar refractivity (Wildman–Crippen MR) is 78.0 cm³/mol. The number of hydrogen-bond donors (Lipinski definition) is 0. The van der Waals surface area contributed by atoms with Crippen molar-refractivity contribution in [2.75, 3.05) is 47.7 Å². The van der Waals surface area contributed by atoms with E-state index in [9.17, 15) is 0 Å². The molecular formula is C10H18OS4. The molecule has 0 aliphatic carbocycles. The van der Waals surface area contributed by atoms with Gasteiger partial charge < -0.3 is 4.74 Å². The molecule has 0 aromatic heterocycles. The molecule has 88 valence electrons. The number of thioether (sulfide) groups is 4. The summed E-state index contributed by atoms with van der Waals surface area (Å²) in [7, 11) is 0. The van der Waals surface area contributed by atoms with Gasteiger partial charge in [-0.3, -0.25) is 0 Å². The lowest BCUT2D eigenvalue weighted by Crippen LogP contribution is -2.31. The molecule has 2 unspecified atom stereocenters. The van der Waals surface area contributed by atoms with Crippen molar-refractivity contribution in [3.8, 4) is 0 Å². The second-order valence-corrected chi connectivity index (χ2v) is 8.81. The van der Waals surface area contributed by atoms with E-state index in [0.717, 1.165) is 23.7 Å². The van der Waals surface area contributed by atoms with Crippen molar-refractivity contribution in [1.82, 2.24) is 0 Å². The largest absolute Gasteiger partial charge is 0.379 e. The van der Waals surface area contributed by atoms with Gasteiger partial charge in [0.05, 0.1) is 13.2 Å².